The summed E-state index contributed by atoms with van der Waals surface area (Å²) in [6, 6.07) is 8.55. The highest BCUT2D eigenvalue weighted by Gasteiger charge is 2.43. The third-order valence-electron chi connectivity index (χ3n) is 4.00. The van der Waals surface area contributed by atoms with Crippen LogP contribution >= 0.6 is 0 Å². The number of rotatable bonds is 5. The molecule has 1 aliphatic rings. The number of ketones is 1. The molecule has 0 spiro atoms. The number of alkyl halides is 5. The second-order valence-corrected chi connectivity index (χ2v) is 5.90. The monoisotopic (exact) mass is 384 g/mol. The summed E-state index contributed by atoms with van der Waals surface area (Å²) in [6.07, 6.45) is -8.54. The van der Waals surface area contributed by atoms with Crippen LogP contribution in [0.2, 0.25) is 0 Å². The molecule has 0 aromatic heterocycles. The van der Waals surface area contributed by atoms with Crippen LogP contribution in [0.15, 0.2) is 49.0 Å². The number of hydrogen-bond acceptors (Lipinski definition) is 3. The minimum Gasteiger partial charge on any atom is -0.395 e. The van der Waals surface area contributed by atoms with Gasteiger partial charge in [0.15, 0.2) is 17.3 Å². The van der Waals surface area contributed by atoms with Crippen LogP contribution in [0, 0.1) is 0 Å². The van der Waals surface area contributed by atoms with Crippen LogP contribution in [0.3, 0.4) is 0 Å². The molecule has 0 bridgehead atoms. The number of benzene rings is 2. The average molecular weight is 384 g/mol. The first-order chi connectivity index (χ1) is 12.6. The molecule has 2 aromatic rings. The molecule has 0 N–H and O–H groups in total. The highest BCUT2D eigenvalue weighted by atomic mass is 19.4. The molecular formula is C19H13F5O3. The van der Waals surface area contributed by atoms with E-state index in [0.29, 0.717) is 11.1 Å². The van der Waals surface area contributed by atoms with E-state index in [1.54, 1.807) is 0 Å². The zero-order chi connectivity index (χ0) is 19.8. The van der Waals surface area contributed by atoms with Crippen molar-refractivity contribution in [3.8, 4) is 11.5 Å². The number of Topliss-reactive ketones (excluding diaryl/α,β-unsaturated/α-hetero) is 1. The van der Waals surface area contributed by atoms with E-state index in [2.05, 4.69) is 16.1 Å². The van der Waals surface area contributed by atoms with E-state index < -0.39 is 29.4 Å². The molecule has 3 nitrogen and oxygen atoms in total. The van der Waals surface area contributed by atoms with Gasteiger partial charge in [-0.1, -0.05) is 30.8 Å². The van der Waals surface area contributed by atoms with Gasteiger partial charge in [0.2, 0.25) is 0 Å². The summed E-state index contributed by atoms with van der Waals surface area (Å²) >= 11 is 0. The van der Waals surface area contributed by atoms with Gasteiger partial charge in [0.25, 0.3) is 0 Å². The molecule has 1 aliphatic heterocycles. The molecule has 8 heteroatoms. The molecule has 3 rings (SSSR count). The largest absolute Gasteiger partial charge is 0.586 e. The minimum atomic E-state index is -4.63. The van der Waals surface area contributed by atoms with Gasteiger partial charge in [-0.15, -0.1) is 8.78 Å². The fourth-order valence-electron chi connectivity index (χ4n) is 2.69. The number of fused-ring (bicyclic) bond motifs is 1. The van der Waals surface area contributed by atoms with Crippen LogP contribution in [0.5, 0.6) is 11.5 Å². The van der Waals surface area contributed by atoms with Crippen molar-refractivity contribution >= 4 is 11.4 Å². The van der Waals surface area contributed by atoms with Crippen molar-refractivity contribution in [2.75, 3.05) is 0 Å². The Morgan fingerprint density at radius 2 is 1.67 bits per heavy atom. The summed E-state index contributed by atoms with van der Waals surface area (Å²) in [5.74, 6) is -0.990. The van der Waals surface area contributed by atoms with E-state index in [1.165, 1.54) is 30.3 Å². The molecule has 0 aliphatic carbocycles. The van der Waals surface area contributed by atoms with E-state index in [4.69, 9.17) is 0 Å². The van der Waals surface area contributed by atoms with Crippen molar-refractivity contribution in [3.05, 3.63) is 65.7 Å². The van der Waals surface area contributed by atoms with Gasteiger partial charge in [-0.25, -0.2) is 0 Å². The van der Waals surface area contributed by atoms with Crippen LogP contribution in [0.25, 0.3) is 5.57 Å². The lowest BCUT2D eigenvalue weighted by atomic mass is 9.96. The van der Waals surface area contributed by atoms with Crippen molar-refractivity contribution in [2.24, 2.45) is 0 Å². The first-order valence-corrected chi connectivity index (χ1v) is 7.84. The van der Waals surface area contributed by atoms with Gasteiger partial charge in [0.05, 0.1) is 5.56 Å². The molecular weight excluding hydrogens is 371 g/mol. The fourth-order valence-corrected chi connectivity index (χ4v) is 2.69. The van der Waals surface area contributed by atoms with Gasteiger partial charge in [-0.2, -0.15) is 13.2 Å². The Morgan fingerprint density at radius 1 is 1.00 bits per heavy atom. The van der Waals surface area contributed by atoms with Crippen molar-refractivity contribution in [1.29, 1.82) is 0 Å². The van der Waals surface area contributed by atoms with E-state index in [-0.39, 0.29) is 24.3 Å². The predicted octanol–water partition coefficient (Wildman–Crippen LogP) is 5.70. The standard InChI is InChI=1S/C19H13F5O3/c1-11(12-7-9-16-17(10-12)27-19(23,24)26-16)6-8-15(25)13-4-2-3-5-14(13)18(20,21)22/h2-5,7,9-10H,1,6,8H2. The molecule has 0 unspecified atom stereocenters. The van der Waals surface area contributed by atoms with Crippen molar-refractivity contribution in [3.63, 3.8) is 0 Å². The maximum Gasteiger partial charge on any atom is 0.586 e. The van der Waals surface area contributed by atoms with E-state index in [9.17, 15) is 26.7 Å². The number of carbonyl (C=O) groups is 1. The third-order valence-corrected chi connectivity index (χ3v) is 4.00. The molecule has 0 saturated carbocycles. The molecule has 142 valence electrons. The Bertz CT molecular complexity index is 902. The second-order valence-electron chi connectivity index (χ2n) is 5.90. The van der Waals surface area contributed by atoms with Crippen molar-refractivity contribution in [2.45, 2.75) is 25.3 Å². The zero-order valence-electron chi connectivity index (χ0n) is 13.8. The molecule has 2 aromatic carbocycles. The van der Waals surface area contributed by atoms with Crippen LogP contribution < -0.4 is 9.47 Å². The topological polar surface area (TPSA) is 35.5 Å². The highest BCUT2D eigenvalue weighted by Crippen LogP contribution is 2.42. The first-order valence-electron chi connectivity index (χ1n) is 7.84. The van der Waals surface area contributed by atoms with E-state index in [0.717, 1.165) is 12.1 Å². The SMILES string of the molecule is C=C(CCC(=O)c1ccccc1C(F)(F)F)c1ccc2c(c1)OC(F)(F)O2. The van der Waals surface area contributed by atoms with Crippen LogP contribution in [0.1, 0.15) is 34.3 Å². The molecule has 0 saturated heterocycles. The smallest absolute Gasteiger partial charge is 0.395 e. The second kappa shape index (κ2) is 6.68. The summed E-state index contributed by atoms with van der Waals surface area (Å²) < 4.78 is 73.7. The lowest BCUT2D eigenvalue weighted by molar-refractivity contribution is -0.286. The normalized spacial score (nSPS) is 14.9. The number of hydrogen-bond donors (Lipinski definition) is 0. The van der Waals surface area contributed by atoms with E-state index >= 15 is 0 Å². The lowest BCUT2D eigenvalue weighted by Crippen LogP contribution is -2.25. The Labute approximate surface area is 151 Å². The zero-order valence-corrected chi connectivity index (χ0v) is 13.8. The Balaban J connectivity index is 1.70. The van der Waals surface area contributed by atoms with Gasteiger partial charge < -0.3 is 9.47 Å². The van der Waals surface area contributed by atoms with Crippen LogP contribution in [-0.2, 0) is 6.18 Å². The molecule has 0 atom stereocenters. The fraction of sp³-hybridized carbons (Fsp3) is 0.211. The number of allylic oxidation sites excluding steroid dienone is 1. The van der Waals surface area contributed by atoms with Gasteiger partial charge in [-0.3, -0.25) is 4.79 Å². The van der Waals surface area contributed by atoms with Gasteiger partial charge in [0, 0.05) is 12.0 Å². The van der Waals surface area contributed by atoms with Crippen LogP contribution in [-0.4, -0.2) is 12.1 Å². The maximum absolute atomic E-state index is 13.0. The Kier molecular flexibility index (Phi) is 4.67. The highest BCUT2D eigenvalue weighted by molar-refractivity contribution is 5.98. The number of halogens is 5. The molecule has 0 fully saturated rings. The van der Waals surface area contributed by atoms with Gasteiger partial charge in [0.1, 0.15) is 0 Å². The summed E-state index contributed by atoms with van der Waals surface area (Å²) in [5, 5.41) is 0. The minimum absolute atomic E-state index is 0.0566. The molecule has 0 radical (unpaired) electrons. The summed E-state index contributed by atoms with van der Waals surface area (Å²) in [4.78, 5) is 12.2. The average Bonchev–Trinajstić information content (AvgIpc) is 2.91. The predicted molar refractivity (Wildman–Crippen MR) is 86.7 cm³/mol. The van der Waals surface area contributed by atoms with Crippen molar-refractivity contribution < 1.29 is 36.2 Å². The summed E-state index contributed by atoms with van der Waals surface area (Å²) in [6.45, 7) is 3.77. The summed E-state index contributed by atoms with van der Waals surface area (Å²) in [5.41, 5.74) is -0.588. The maximum atomic E-state index is 13.0. The molecule has 0 amide bonds. The Morgan fingerprint density at radius 3 is 2.37 bits per heavy atom. The van der Waals surface area contributed by atoms with Gasteiger partial charge in [-0.05, 0) is 35.8 Å². The third kappa shape index (κ3) is 4.10. The van der Waals surface area contributed by atoms with E-state index in [1.807, 2.05) is 0 Å². The summed E-state index contributed by atoms with van der Waals surface area (Å²) in [7, 11) is 0. The lowest BCUT2D eigenvalue weighted by Gasteiger charge is -2.12. The quantitative estimate of drug-likeness (QED) is 0.490. The molecule has 1 heterocycles. The number of carbonyl (C=O) groups excluding carboxylic acids is 1. The van der Waals surface area contributed by atoms with Gasteiger partial charge >= 0.3 is 12.5 Å². The van der Waals surface area contributed by atoms with Crippen molar-refractivity contribution in [1.82, 2.24) is 0 Å². The Hall–Kier alpha value is -2.90. The van der Waals surface area contributed by atoms with Crippen LogP contribution in [0.4, 0.5) is 22.0 Å². The number of ether oxygens (including phenoxy) is 2. The first kappa shape index (κ1) is 18.9. The molecule has 27 heavy (non-hydrogen) atoms.